The van der Waals surface area contributed by atoms with E-state index in [-0.39, 0.29) is 17.0 Å². The number of benzene rings is 1. The molecule has 0 aliphatic heterocycles. The van der Waals surface area contributed by atoms with E-state index in [1.807, 2.05) is 0 Å². The lowest BCUT2D eigenvalue weighted by molar-refractivity contribution is -0.140. The van der Waals surface area contributed by atoms with Gasteiger partial charge in [-0.2, -0.15) is 0 Å². The molecule has 3 rings (SSSR count). The first-order valence-corrected chi connectivity index (χ1v) is 8.78. The van der Waals surface area contributed by atoms with Crippen molar-refractivity contribution in [3.8, 4) is 11.1 Å². The van der Waals surface area contributed by atoms with E-state index < -0.39 is 29.8 Å². The van der Waals surface area contributed by atoms with E-state index in [1.54, 1.807) is 24.3 Å². The van der Waals surface area contributed by atoms with E-state index in [2.05, 4.69) is 9.97 Å². The second kappa shape index (κ2) is 7.57. The number of aromatic nitrogens is 3. The molecular weight excluding hydrogens is 407 g/mol. The number of primary amides is 1. The van der Waals surface area contributed by atoms with Crippen LogP contribution >= 0.6 is 23.2 Å². The molecule has 1 unspecified atom stereocenters. The van der Waals surface area contributed by atoms with Crippen LogP contribution in [-0.4, -0.2) is 31.5 Å². The van der Waals surface area contributed by atoms with Crippen LogP contribution in [0, 0.1) is 0 Å². The van der Waals surface area contributed by atoms with Crippen molar-refractivity contribution >= 4 is 46.1 Å². The predicted molar refractivity (Wildman–Crippen MR) is 104 cm³/mol. The standard InChI is InChI=1S/C18H14Cl2N4O4/c1-24-16-8(7-22-15(23-16)10(18(27)28)6-13(21)25)5-9(17(24)26)14-11(19)3-2-4-12(14)20/h2-5,7,10H,6H2,1H3,(H2,21,25)(H,27,28). The van der Waals surface area contributed by atoms with Crippen LogP contribution in [0.4, 0.5) is 0 Å². The molecule has 144 valence electrons. The fourth-order valence-electron chi connectivity index (χ4n) is 2.85. The molecule has 2 heterocycles. The zero-order valence-electron chi connectivity index (χ0n) is 14.5. The number of fused-ring (bicyclic) bond motifs is 1. The molecule has 3 aromatic rings. The number of carboxylic acid groups (broad SMARTS) is 1. The zero-order valence-corrected chi connectivity index (χ0v) is 16.0. The van der Waals surface area contributed by atoms with E-state index >= 15 is 0 Å². The highest BCUT2D eigenvalue weighted by Crippen LogP contribution is 2.33. The summed E-state index contributed by atoms with van der Waals surface area (Å²) in [7, 11) is 1.49. The van der Waals surface area contributed by atoms with Crippen molar-refractivity contribution in [1.82, 2.24) is 14.5 Å². The maximum absolute atomic E-state index is 12.9. The third-order valence-electron chi connectivity index (χ3n) is 4.21. The van der Waals surface area contributed by atoms with Gasteiger partial charge in [0, 0.05) is 30.6 Å². The Hall–Kier alpha value is -2.97. The van der Waals surface area contributed by atoms with Crippen LogP contribution in [0.1, 0.15) is 18.2 Å². The highest BCUT2D eigenvalue weighted by molar-refractivity contribution is 6.39. The third-order valence-corrected chi connectivity index (χ3v) is 4.84. The Morgan fingerprint density at radius 2 is 1.93 bits per heavy atom. The molecule has 0 fully saturated rings. The molecule has 0 saturated carbocycles. The van der Waals surface area contributed by atoms with Gasteiger partial charge in [0.2, 0.25) is 5.91 Å². The van der Waals surface area contributed by atoms with E-state index in [4.69, 9.17) is 28.9 Å². The van der Waals surface area contributed by atoms with Crippen molar-refractivity contribution in [1.29, 1.82) is 0 Å². The van der Waals surface area contributed by atoms with E-state index in [0.29, 0.717) is 21.0 Å². The lowest BCUT2D eigenvalue weighted by atomic mass is 10.0. The number of carbonyl (C=O) groups excluding carboxylic acids is 1. The van der Waals surface area contributed by atoms with Crippen LogP contribution < -0.4 is 11.3 Å². The van der Waals surface area contributed by atoms with Crippen LogP contribution in [0.15, 0.2) is 35.3 Å². The predicted octanol–water partition coefficient (Wildman–Crippen LogP) is 2.35. The van der Waals surface area contributed by atoms with E-state index in [9.17, 15) is 19.5 Å². The SMILES string of the molecule is Cn1c(=O)c(-c2c(Cl)cccc2Cl)cc2cnc(C(CC(N)=O)C(=O)O)nc21. The summed E-state index contributed by atoms with van der Waals surface area (Å²) in [5.41, 5.74) is 5.54. The maximum atomic E-state index is 12.9. The van der Waals surface area contributed by atoms with Gasteiger partial charge >= 0.3 is 5.97 Å². The van der Waals surface area contributed by atoms with Crippen LogP contribution in [-0.2, 0) is 16.6 Å². The van der Waals surface area contributed by atoms with Gasteiger partial charge < -0.3 is 10.8 Å². The molecule has 0 bridgehead atoms. The number of pyridine rings is 1. The molecule has 8 nitrogen and oxygen atoms in total. The number of rotatable bonds is 5. The van der Waals surface area contributed by atoms with Gasteiger partial charge in [-0.3, -0.25) is 19.0 Å². The van der Waals surface area contributed by atoms with Crippen molar-refractivity contribution in [2.24, 2.45) is 12.8 Å². The molecule has 2 aromatic heterocycles. The molecule has 28 heavy (non-hydrogen) atoms. The minimum Gasteiger partial charge on any atom is -0.481 e. The lowest BCUT2D eigenvalue weighted by Crippen LogP contribution is -2.24. The Morgan fingerprint density at radius 3 is 2.50 bits per heavy atom. The molecule has 0 spiro atoms. The van der Waals surface area contributed by atoms with Crippen LogP contribution in [0.5, 0.6) is 0 Å². The van der Waals surface area contributed by atoms with Crippen LogP contribution in [0.2, 0.25) is 10.0 Å². The molecule has 10 heteroatoms. The Balaban J connectivity index is 2.23. The number of nitrogens with two attached hydrogens (primary N) is 1. The monoisotopic (exact) mass is 420 g/mol. The minimum absolute atomic E-state index is 0.114. The zero-order chi connectivity index (χ0) is 20.6. The highest BCUT2D eigenvalue weighted by Gasteiger charge is 2.26. The number of hydrogen-bond donors (Lipinski definition) is 2. The molecule has 0 saturated heterocycles. The van der Waals surface area contributed by atoms with Gasteiger partial charge in [-0.05, 0) is 18.2 Å². The topological polar surface area (TPSA) is 128 Å². The number of aliphatic carboxylic acids is 1. The Bertz CT molecular complexity index is 1160. The number of aryl methyl sites for hydroxylation is 1. The molecule has 1 atom stereocenters. The summed E-state index contributed by atoms with van der Waals surface area (Å²) in [6.45, 7) is 0. The smallest absolute Gasteiger partial charge is 0.314 e. The maximum Gasteiger partial charge on any atom is 0.314 e. The average Bonchev–Trinajstić information content (AvgIpc) is 2.63. The van der Waals surface area contributed by atoms with E-state index in [0.717, 1.165) is 0 Å². The first kappa shape index (κ1) is 19.8. The van der Waals surface area contributed by atoms with Gasteiger partial charge in [0.1, 0.15) is 17.4 Å². The summed E-state index contributed by atoms with van der Waals surface area (Å²) in [6, 6.07) is 6.44. The number of hydrogen-bond acceptors (Lipinski definition) is 5. The summed E-state index contributed by atoms with van der Waals surface area (Å²) in [6.07, 6.45) is 0.921. The van der Waals surface area contributed by atoms with Crippen molar-refractivity contribution in [3.63, 3.8) is 0 Å². The average molecular weight is 421 g/mol. The first-order valence-electron chi connectivity index (χ1n) is 8.03. The second-order valence-corrected chi connectivity index (χ2v) is 6.90. The summed E-state index contributed by atoms with van der Waals surface area (Å²) in [5, 5.41) is 10.4. The molecule has 0 aliphatic rings. The van der Waals surface area contributed by atoms with Gasteiger partial charge in [-0.15, -0.1) is 0 Å². The van der Waals surface area contributed by atoms with Crippen LogP contribution in [0.3, 0.4) is 0 Å². The van der Waals surface area contributed by atoms with Crippen molar-refractivity contribution < 1.29 is 14.7 Å². The van der Waals surface area contributed by atoms with Gasteiger partial charge in [-0.1, -0.05) is 29.3 Å². The Labute approximate surface area is 168 Å². The fourth-order valence-corrected chi connectivity index (χ4v) is 3.45. The molecule has 1 amide bonds. The number of nitrogens with zero attached hydrogens (tertiary/aromatic N) is 3. The quantitative estimate of drug-likeness (QED) is 0.651. The Kier molecular flexibility index (Phi) is 5.35. The fraction of sp³-hybridized carbons (Fsp3) is 0.167. The molecule has 0 aliphatic carbocycles. The van der Waals surface area contributed by atoms with Gasteiger partial charge in [-0.25, -0.2) is 9.97 Å². The van der Waals surface area contributed by atoms with Gasteiger partial charge in [0.15, 0.2) is 0 Å². The van der Waals surface area contributed by atoms with E-state index in [1.165, 1.54) is 17.8 Å². The number of carboxylic acids is 1. The van der Waals surface area contributed by atoms with Crippen molar-refractivity contribution in [3.05, 3.63) is 56.7 Å². The lowest BCUT2D eigenvalue weighted by Gasteiger charge is -2.13. The van der Waals surface area contributed by atoms with Crippen molar-refractivity contribution in [2.75, 3.05) is 0 Å². The first-order chi connectivity index (χ1) is 13.2. The largest absolute Gasteiger partial charge is 0.481 e. The van der Waals surface area contributed by atoms with Gasteiger partial charge in [0.25, 0.3) is 5.56 Å². The number of carbonyl (C=O) groups is 2. The Morgan fingerprint density at radius 1 is 1.29 bits per heavy atom. The molecular formula is C18H14Cl2N4O4. The number of halogens is 2. The summed E-state index contributed by atoms with van der Waals surface area (Å²) in [4.78, 5) is 43.7. The molecule has 1 aromatic carbocycles. The minimum atomic E-state index is -1.31. The number of amides is 1. The summed E-state index contributed by atoms with van der Waals surface area (Å²) in [5.74, 6) is -3.51. The molecule has 0 radical (unpaired) electrons. The second-order valence-electron chi connectivity index (χ2n) is 6.09. The summed E-state index contributed by atoms with van der Waals surface area (Å²) >= 11 is 12.4. The van der Waals surface area contributed by atoms with Gasteiger partial charge in [0.05, 0.1) is 15.6 Å². The highest BCUT2D eigenvalue weighted by atomic mass is 35.5. The van der Waals surface area contributed by atoms with Crippen molar-refractivity contribution in [2.45, 2.75) is 12.3 Å². The van der Waals surface area contributed by atoms with Crippen LogP contribution in [0.25, 0.3) is 22.2 Å². The summed E-state index contributed by atoms with van der Waals surface area (Å²) < 4.78 is 1.25. The normalized spacial score (nSPS) is 12.1. The molecule has 3 N–H and O–H groups in total. The third kappa shape index (κ3) is 3.56.